The zero-order valence-electron chi connectivity index (χ0n) is 10.1. The summed E-state index contributed by atoms with van der Waals surface area (Å²) in [4.78, 5) is 6.21. The SMILES string of the molecule is COCCN1C(N)=NCC1c1ccc(F)c(Br)c1. The van der Waals surface area contributed by atoms with E-state index in [-0.39, 0.29) is 11.9 Å². The number of nitrogens with zero attached hydrogens (tertiary/aromatic N) is 2. The fourth-order valence-electron chi connectivity index (χ4n) is 1.99. The number of hydrogen-bond acceptors (Lipinski definition) is 4. The molecule has 0 bridgehead atoms. The minimum atomic E-state index is -0.269. The number of benzene rings is 1. The zero-order valence-corrected chi connectivity index (χ0v) is 11.7. The molecule has 1 atom stereocenters. The fourth-order valence-corrected chi connectivity index (χ4v) is 2.39. The second-order valence-electron chi connectivity index (χ2n) is 4.07. The standard InChI is InChI=1S/C12H15BrFN3O/c1-18-5-4-17-11(7-16-12(17)15)8-2-3-10(14)9(13)6-8/h2-3,6,11H,4-5,7H2,1H3,(H2,15,16). The molecule has 2 N–H and O–H groups in total. The van der Waals surface area contributed by atoms with Crippen LogP contribution in [0.1, 0.15) is 11.6 Å². The van der Waals surface area contributed by atoms with Gasteiger partial charge < -0.3 is 15.4 Å². The molecule has 0 aliphatic carbocycles. The monoisotopic (exact) mass is 315 g/mol. The first-order valence-corrected chi connectivity index (χ1v) is 6.43. The summed E-state index contributed by atoms with van der Waals surface area (Å²) in [6, 6.07) is 5.03. The lowest BCUT2D eigenvalue weighted by atomic mass is 10.1. The molecule has 0 saturated carbocycles. The van der Waals surface area contributed by atoms with Crippen LogP contribution in [-0.2, 0) is 4.74 Å². The Bertz CT molecular complexity index is 467. The average molecular weight is 316 g/mol. The van der Waals surface area contributed by atoms with Crippen LogP contribution in [-0.4, -0.2) is 37.7 Å². The topological polar surface area (TPSA) is 50.9 Å². The molecule has 1 unspecified atom stereocenters. The van der Waals surface area contributed by atoms with E-state index in [4.69, 9.17) is 10.5 Å². The van der Waals surface area contributed by atoms with Crippen molar-refractivity contribution in [3.63, 3.8) is 0 Å². The Kier molecular flexibility index (Phi) is 4.19. The van der Waals surface area contributed by atoms with Crippen LogP contribution in [0, 0.1) is 5.82 Å². The molecule has 98 valence electrons. The lowest BCUT2D eigenvalue weighted by Gasteiger charge is -2.26. The Morgan fingerprint density at radius 2 is 2.39 bits per heavy atom. The Hall–Kier alpha value is -1.14. The van der Waals surface area contributed by atoms with Crippen LogP contribution in [0.5, 0.6) is 0 Å². The van der Waals surface area contributed by atoms with Crippen molar-refractivity contribution in [1.82, 2.24) is 4.90 Å². The first-order chi connectivity index (χ1) is 8.63. The van der Waals surface area contributed by atoms with Gasteiger partial charge in [-0.05, 0) is 33.6 Å². The number of ether oxygens (including phenoxy) is 1. The highest BCUT2D eigenvalue weighted by Crippen LogP contribution is 2.28. The van der Waals surface area contributed by atoms with Crippen molar-refractivity contribution in [2.24, 2.45) is 10.7 Å². The van der Waals surface area contributed by atoms with Gasteiger partial charge in [-0.2, -0.15) is 0 Å². The van der Waals surface area contributed by atoms with E-state index in [1.807, 2.05) is 4.90 Å². The highest BCUT2D eigenvalue weighted by Gasteiger charge is 2.27. The maximum atomic E-state index is 13.2. The first kappa shape index (κ1) is 13.3. The average Bonchev–Trinajstić information content (AvgIpc) is 2.72. The number of rotatable bonds is 4. The Labute approximate surface area is 114 Å². The molecule has 0 amide bonds. The summed E-state index contributed by atoms with van der Waals surface area (Å²) in [7, 11) is 1.65. The van der Waals surface area contributed by atoms with E-state index in [1.54, 1.807) is 19.2 Å². The third-order valence-electron chi connectivity index (χ3n) is 2.96. The molecule has 0 saturated heterocycles. The molecule has 0 fully saturated rings. The Morgan fingerprint density at radius 1 is 1.61 bits per heavy atom. The van der Waals surface area contributed by atoms with Gasteiger partial charge in [-0.15, -0.1) is 0 Å². The van der Waals surface area contributed by atoms with Crippen molar-refractivity contribution < 1.29 is 9.13 Å². The van der Waals surface area contributed by atoms with Gasteiger partial charge in [0.05, 0.1) is 23.7 Å². The van der Waals surface area contributed by atoms with Crippen LogP contribution in [0.15, 0.2) is 27.7 Å². The maximum Gasteiger partial charge on any atom is 0.192 e. The van der Waals surface area contributed by atoms with Crippen molar-refractivity contribution >= 4 is 21.9 Å². The summed E-state index contributed by atoms with van der Waals surface area (Å²) in [6.07, 6.45) is 0. The minimum Gasteiger partial charge on any atom is -0.383 e. The summed E-state index contributed by atoms with van der Waals surface area (Å²) in [5, 5.41) is 0. The molecule has 6 heteroatoms. The van der Waals surface area contributed by atoms with Gasteiger partial charge in [0.15, 0.2) is 5.96 Å². The van der Waals surface area contributed by atoms with Gasteiger partial charge >= 0.3 is 0 Å². The number of hydrogen-bond donors (Lipinski definition) is 1. The molecular formula is C12H15BrFN3O. The first-order valence-electron chi connectivity index (χ1n) is 5.64. The van der Waals surface area contributed by atoms with Crippen molar-refractivity contribution in [2.75, 3.05) is 26.8 Å². The van der Waals surface area contributed by atoms with Gasteiger partial charge in [0, 0.05) is 13.7 Å². The van der Waals surface area contributed by atoms with Crippen LogP contribution in [0.4, 0.5) is 4.39 Å². The summed E-state index contributed by atoms with van der Waals surface area (Å²) in [6.45, 7) is 1.84. The van der Waals surface area contributed by atoms with Gasteiger partial charge in [-0.3, -0.25) is 4.99 Å². The maximum absolute atomic E-state index is 13.2. The predicted octanol–water partition coefficient (Wildman–Crippen LogP) is 1.91. The number of methoxy groups -OCH3 is 1. The van der Waals surface area contributed by atoms with E-state index in [0.29, 0.717) is 30.1 Å². The highest BCUT2D eigenvalue weighted by atomic mass is 79.9. The molecule has 0 spiro atoms. The Morgan fingerprint density at radius 3 is 3.06 bits per heavy atom. The summed E-state index contributed by atoms with van der Waals surface area (Å²) in [5.74, 6) is 0.242. The molecule has 4 nitrogen and oxygen atoms in total. The summed E-state index contributed by atoms with van der Waals surface area (Å²) < 4.78 is 18.7. The lowest BCUT2D eigenvalue weighted by Crippen LogP contribution is -2.38. The van der Waals surface area contributed by atoms with Crippen LogP contribution in [0.25, 0.3) is 0 Å². The molecule has 1 aromatic carbocycles. The predicted molar refractivity (Wildman–Crippen MR) is 71.9 cm³/mol. The third-order valence-corrected chi connectivity index (χ3v) is 3.57. The zero-order chi connectivity index (χ0) is 13.1. The molecular weight excluding hydrogens is 301 g/mol. The van der Waals surface area contributed by atoms with Crippen molar-refractivity contribution in [2.45, 2.75) is 6.04 Å². The Balaban J connectivity index is 2.19. The molecule has 1 aliphatic heterocycles. The van der Waals surface area contributed by atoms with Crippen molar-refractivity contribution in [3.05, 3.63) is 34.1 Å². The smallest absolute Gasteiger partial charge is 0.192 e. The summed E-state index contributed by atoms with van der Waals surface area (Å²) >= 11 is 3.19. The number of aliphatic imine (C=N–C) groups is 1. The lowest BCUT2D eigenvalue weighted by molar-refractivity contribution is 0.166. The number of halogens is 2. The van der Waals surface area contributed by atoms with Gasteiger partial charge in [-0.1, -0.05) is 6.07 Å². The van der Waals surface area contributed by atoms with Crippen LogP contribution in [0.2, 0.25) is 0 Å². The van der Waals surface area contributed by atoms with Crippen molar-refractivity contribution in [1.29, 1.82) is 0 Å². The van der Waals surface area contributed by atoms with E-state index in [1.165, 1.54) is 6.07 Å². The normalized spacial score (nSPS) is 19.2. The molecule has 1 heterocycles. The highest BCUT2D eigenvalue weighted by molar-refractivity contribution is 9.10. The number of guanidine groups is 1. The quantitative estimate of drug-likeness (QED) is 0.923. The molecule has 0 aromatic heterocycles. The van der Waals surface area contributed by atoms with E-state index in [2.05, 4.69) is 20.9 Å². The van der Waals surface area contributed by atoms with Crippen LogP contribution in [0.3, 0.4) is 0 Å². The minimum absolute atomic E-state index is 0.0528. The number of nitrogens with two attached hydrogens (primary N) is 1. The molecule has 1 aliphatic rings. The largest absolute Gasteiger partial charge is 0.383 e. The van der Waals surface area contributed by atoms with Crippen molar-refractivity contribution in [3.8, 4) is 0 Å². The van der Waals surface area contributed by atoms with Gasteiger partial charge in [0.25, 0.3) is 0 Å². The summed E-state index contributed by atoms with van der Waals surface area (Å²) in [5.41, 5.74) is 6.84. The second kappa shape index (κ2) is 5.67. The third kappa shape index (κ3) is 2.64. The van der Waals surface area contributed by atoms with E-state index in [9.17, 15) is 4.39 Å². The fraction of sp³-hybridized carbons (Fsp3) is 0.417. The molecule has 1 aromatic rings. The molecule has 18 heavy (non-hydrogen) atoms. The van der Waals surface area contributed by atoms with Gasteiger partial charge in [0.1, 0.15) is 5.82 Å². The van der Waals surface area contributed by atoms with E-state index >= 15 is 0 Å². The second-order valence-corrected chi connectivity index (χ2v) is 4.93. The molecule has 2 rings (SSSR count). The van der Waals surface area contributed by atoms with Crippen LogP contribution < -0.4 is 5.73 Å². The molecule has 0 radical (unpaired) electrons. The van der Waals surface area contributed by atoms with Gasteiger partial charge in [0.2, 0.25) is 0 Å². The van der Waals surface area contributed by atoms with E-state index < -0.39 is 0 Å². The van der Waals surface area contributed by atoms with Gasteiger partial charge in [-0.25, -0.2) is 4.39 Å². The van der Waals surface area contributed by atoms with E-state index in [0.717, 1.165) is 5.56 Å². The van der Waals surface area contributed by atoms with Crippen LogP contribution >= 0.6 is 15.9 Å².